The molecule has 1 aliphatic rings. The number of β-amino-alcohol motifs (C(OH)–C–C–N with tert-alkyl or cyclic N) is 1. The highest BCUT2D eigenvalue weighted by atomic mass is 16.3. The zero-order valence-electron chi connectivity index (χ0n) is 11.0. The molecular weight excluding hydrogens is 214 g/mol. The lowest BCUT2D eigenvalue weighted by molar-refractivity contribution is 0.105. The zero-order chi connectivity index (χ0) is 12.4. The first-order chi connectivity index (χ1) is 8.09. The minimum atomic E-state index is -0.368. The van der Waals surface area contributed by atoms with Crippen LogP contribution >= 0.6 is 0 Å². The van der Waals surface area contributed by atoms with Crippen molar-refractivity contribution >= 4 is 0 Å². The molecule has 2 rings (SSSR count). The summed E-state index contributed by atoms with van der Waals surface area (Å²) in [5, 5.41) is 13.6. The predicted molar refractivity (Wildman–Crippen MR) is 69.2 cm³/mol. The third kappa shape index (κ3) is 2.70. The van der Waals surface area contributed by atoms with E-state index in [2.05, 4.69) is 34.7 Å². The van der Waals surface area contributed by atoms with Gasteiger partial charge in [-0.25, -0.2) is 0 Å². The molecule has 1 aliphatic heterocycles. The highest BCUT2D eigenvalue weighted by Crippen LogP contribution is 2.21. The van der Waals surface area contributed by atoms with Crippen LogP contribution in [0, 0.1) is 13.8 Å². The Morgan fingerprint density at radius 2 is 2.00 bits per heavy atom. The minimum Gasteiger partial charge on any atom is -0.387 e. The van der Waals surface area contributed by atoms with Gasteiger partial charge in [0.2, 0.25) is 0 Å². The van der Waals surface area contributed by atoms with Gasteiger partial charge in [-0.15, -0.1) is 0 Å². The van der Waals surface area contributed by atoms with Gasteiger partial charge >= 0.3 is 0 Å². The minimum absolute atomic E-state index is 0.368. The van der Waals surface area contributed by atoms with Crippen molar-refractivity contribution in [3.05, 3.63) is 23.0 Å². The van der Waals surface area contributed by atoms with Crippen molar-refractivity contribution in [2.24, 2.45) is 7.05 Å². The topological polar surface area (TPSA) is 40.4 Å². The molecule has 1 unspecified atom stereocenters. The Morgan fingerprint density at radius 3 is 2.53 bits per heavy atom. The Balaban J connectivity index is 2.03. The number of piperazine rings is 1. The average Bonchev–Trinajstić information content (AvgIpc) is 2.58. The van der Waals surface area contributed by atoms with E-state index in [-0.39, 0.29) is 6.10 Å². The summed E-state index contributed by atoms with van der Waals surface area (Å²) in [7, 11) is 2.05. The monoisotopic (exact) mass is 237 g/mol. The Hall–Kier alpha value is -0.840. The van der Waals surface area contributed by atoms with E-state index in [4.69, 9.17) is 0 Å². The zero-order valence-corrected chi connectivity index (χ0v) is 11.0. The fourth-order valence-corrected chi connectivity index (χ4v) is 2.46. The van der Waals surface area contributed by atoms with Crippen LogP contribution in [-0.2, 0) is 7.05 Å². The average molecular weight is 237 g/mol. The second-order valence-electron chi connectivity index (χ2n) is 4.95. The number of aliphatic hydroxyl groups excluding tert-OH is 1. The lowest BCUT2D eigenvalue weighted by atomic mass is 10.1. The first kappa shape index (κ1) is 12.6. The summed E-state index contributed by atoms with van der Waals surface area (Å²) in [6.07, 6.45) is -0.368. The van der Waals surface area contributed by atoms with Crippen LogP contribution in [-0.4, -0.2) is 47.3 Å². The van der Waals surface area contributed by atoms with Gasteiger partial charge in [-0.2, -0.15) is 0 Å². The van der Waals surface area contributed by atoms with Crippen molar-refractivity contribution in [1.29, 1.82) is 0 Å². The second-order valence-corrected chi connectivity index (χ2v) is 4.95. The van der Waals surface area contributed by atoms with Gasteiger partial charge in [0.15, 0.2) is 0 Å². The van der Waals surface area contributed by atoms with Crippen LogP contribution in [0.15, 0.2) is 6.07 Å². The number of aromatic nitrogens is 1. The Kier molecular flexibility index (Phi) is 3.86. The number of nitrogens with zero attached hydrogens (tertiary/aromatic N) is 2. The predicted octanol–water partition coefficient (Wildman–Crippen LogP) is 0.581. The number of aryl methyl sites for hydroxylation is 1. The van der Waals surface area contributed by atoms with Crippen molar-refractivity contribution in [3.8, 4) is 0 Å². The summed E-state index contributed by atoms with van der Waals surface area (Å²) in [5.41, 5.74) is 3.45. The smallest absolute Gasteiger partial charge is 0.0934 e. The summed E-state index contributed by atoms with van der Waals surface area (Å²) in [5.74, 6) is 0. The van der Waals surface area contributed by atoms with Gasteiger partial charge in [0.25, 0.3) is 0 Å². The summed E-state index contributed by atoms with van der Waals surface area (Å²) < 4.78 is 2.14. The fraction of sp³-hybridized carbons (Fsp3) is 0.692. The number of hydrogen-bond donors (Lipinski definition) is 2. The van der Waals surface area contributed by atoms with Gasteiger partial charge in [0.1, 0.15) is 0 Å². The molecule has 0 aliphatic carbocycles. The van der Waals surface area contributed by atoms with E-state index in [0.717, 1.165) is 38.3 Å². The molecule has 4 nitrogen and oxygen atoms in total. The standard InChI is InChI=1S/C13H23N3O/c1-10-8-12(11(2)15(10)3)13(17)9-16-6-4-14-5-7-16/h8,13-14,17H,4-7,9H2,1-3H3. The molecule has 1 aromatic heterocycles. The van der Waals surface area contributed by atoms with Gasteiger partial charge in [0, 0.05) is 56.7 Å². The Morgan fingerprint density at radius 1 is 1.35 bits per heavy atom. The molecule has 0 bridgehead atoms. The molecule has 17 heavy (non-hydrogen) atoms. The highest BCUT2D eigenvalue weighted by molar-refractivity contribution is 5.28. The van der Waals surface area contributed by atoms with Crippen LogP contribution in [0.2, 0.25) is 0 Å². The molecule has 0 saturated carbocycles. The lowest BCUT2D eigenvalue weighted by Crippen LogP contribution is -2.45. The molecule has 1 fully saturated rings. The first-order valence-corrected chi connectivity index (χ1v) is 6.33. The molecule has 1 saturated heterocycles. The van der Waals surface area contributed by atoms with Crippen molar-refractivity contribution in [2.75, 3.05) is 32.7 Å². The summed E-state index contributed by atoms with van der Waals surface area (Å²) in [4.78, 5) is 2.32. The lowest BCUT2D eigenvalue weighted by Gasteiger charge is -2.29. The van der Waals surface area contributed by atoms with Gasteiger partial charge in [-0.3, -0.25) is 4.90 Å². The normalized spacial score (nSPS) is 19.5. The number of hydrogen-bond acceptors (Lipinski definition) is 3. The van der Waals surface area contributed by atoms with Crippen LogP contribution < -0.4 is 5.32 Å². The maximum atomic E-state index is 10.3. The van der Waals surface area contributed by atoms with E-state index in [9.17, 15) is 5.11 Å². The largest absolute Gasteiger partial charge is 0.387 e. The second kappa shape index (κ2) is 5.21. The maximum absolute atomic E-state index is 10.3. The number of nitrogens with one attached hydrogen (secondary N) is 1. The summed E-state index contributed by atoms with van der Waals surface area (Å²) >= 11 is 0. The molecule has 1 aromatic rings. The highest BCUT2D eigenvalue weighted by Gasteiger charge is 2.19. The molecule has 0 spiro atoms. The maximum Gasteiger partial charge on any atom is 0.0934 e. The van der Waals surface area contributed by atoms with E-state index >= 15 is 0 Å². The Labute approximate surface area is 103 Å². The van der Waals surface area contributed by atoms with E-state index < -0.39 is 0 Å². The molecule has 1 atom stereocenters. The third-order valence-electron chi connectivity index (χ3n) is 3.81. The molecule has 0 radical (unpaired) electrons. The van der Waals surface area contributed by atoms with Crippen molar-refractivity contribution in [2.45, 2.75) is 20.0 Å². The third-order valence-corrected chi connectivity index (χ3v) is 3.81. The van der Waals surface area contributed by atoms with E-state index in [1.54, 1.807) is 0 Å². The van der Waals surface area contributed by atoms with E-state index in [1.165, 1.54) is 11.4 Å². The van der Waals surface area contributed by atoms with Crippen LogP contribution in [0.4, 0.5) is 0 Å². The molecule has 0 aromatic carbocycles. The Bertz CT molecular complexity index is 380. The van der Waals surface area contributed by atoms with Gasteiger partial charge in [-0.1, -0.05) is 0 Å². The van der Waals surface area contributed by atoms with E-state index in [1.807, 2.05) is 7.05 Å². The molecule has 2 N–H and O–H groups in total. The molecular formula is C13H23N3O. The van der Waals surface area contributed by atoms with Gasteiger partial charge < -0.3 is 15.0 Å². The van der Waals surface area contributed by atoms with E-state index in [0.29, 0.717) is 0 Å². The van der Waals surface area contributed by atoms with Crippen molar-refractivity contribution in [1.82, 2.24) is 14.8 Å². The fourth-order valence-electron chi connectivity index (χ4n) is 2.46. The van der Waals surface area contributed by atoms with Crippen LogP contribution in [0.25, 0.3) is 0 Å². The first-order valence-electron chi connectivity index (χ1n) is 6.33. The number of aliphatic hydroxyl groups is 1. The van der Waals surface area contributed by atoms with Crippen molar-refractivity contribution < 1.29 is 5.11 Å². The van der Waals surface area contributed by atoms with Crippen molar-refractivity contribution in [3.63, 3.8) is 0 Å². The summed E-state index contributed by atoms with van der Waals surface area (Å²) in [6, 6.07) is 2.10. The van der Waals surface area contributed by atoms with Crippen LogP contribution in [0.3, 0.4) is 0 Å². The quantitative estimate of drug-likeness (QED) is 0.808. The van der Waals surface area contributed by atoms with Gasteiger partial charge in [-0.05, 0) is 19.9 Å². The SMILES string of the molecule is Cc1cc(C(O)CN2CCNCC2)c(C)n1C. The molecule has 96 valence electrons. The molecule has 0 amide bonds. The van der Waals surface area contributed by atoms with Gasteiger partial charge in [0.05, 0.1) is 6.10 Å². The van der Waals surface area contributed by atoms with Crippen LogP contribution in [0.5, 0.6) is 0 Å². The number of rotatable bonds is 3. The summed E-state index contributed by atoms with van der Waals surface area (Å²) in [6.45, 7) is 9.01. The van der Waals surface area contributed by atoms with Crippen LogP contribution in [0.1, 0.15) is 23.1 Å². The molecule has 4 heteroatoms. The molecule has 2 heterocycles.